The van der Waals surface area contributed by atoms with Gasteiger partial charge in [0, 0.05) is 99.0 Å². The molecule has 0 amide bonds. The van der Waals surface area contributed by atoms with Crippen LogP contribution in [0.15, 0.2) is 97.6 Å². The Morgan fingerprint density at radius 3 is 0.951 bits per heavy atom. The molecule has 10 N–H and O–H groups in total. The van der Waals surface area contributed by atoms with Crippen molar-refractivity contribution < 1.29 is 27.7 Å². The number of nitrogens with zero attached hydrogens (tertiary/aromatic N) is 19. The minimum Gasteiger partial charge on any atom is -0.325 e. The Morgan fingerprint density at radius 2 is 0.615 bits per heavy atom. The lowest BCUT2D eigenvalue weighted by molar-refractivity contribution is -0.00940. The van der Waals surface area contributed by atoms with Crippen LogP contribution < -0.4 is 26.6 Å². The highest BCUT2D eigenvalue weighted by molar-refractivity contribution is 5.93. The number of aromatic nitrogens is 24. The van der Waals surface area contributed by atoms with Crippen molar-refractivity contribution in [3.05, 3.63) is 184 Å². The van der Waals surface area contributed by atoms with E-state index >= 15 is 0 Å². The third-order valence-corrected chi connectivity index (χ3v) is 24.5. The van der Waals surface area contributed by atoms with Crippen molar-refractivity contribution in [2.45, 2.75) is 218 Å². The highest BCUT2D eigenvalue weighted by Crippen LogP contribution is 2.60. The number of pyridine rings is 4. The zero-order valence-electron chi connectivity index (χ0n) is 68.6. The van der Waals surface area contributed by atoms with E-state index in [1.165, 1.54) is 139 Å². The van der Waals surface area contributed by atoms with Crippen molar-refractivity contribution in [3.63, 3.8) is 0 Å². The van der Waals surface area contributed by atoms with E-state index in [0.717, 1.165) is 168 Å². The standard InChI is InChI=1S/C22H24FN5.C18H21FN6.C17H19FN6.C16H17FN6.C15H15FN6.4H2/c1-12-4-19(25-20-17-8-16(23)2-3-18(17)27-28-20)26-21(24-12)22-9-13-5-14(10-22)7-15(6-13)11-22;1-11-8-15(22-16(21-11)12-6-4-2-3-5-7-12)23-18-14-9-13(19)10-20-17(14)24-25-18;1-10-7-14(21-15(20-10)11-5-3-2-4-6-11)22-17-13-8-12(18)9-19-16(13)23-24-17;1-9-6-13(20-14(19-9)10-4-2-3-5-10)21-16-12-7-11(17)8-18-15(12)22-23-16;1-8-5-12(19-13(18-8)9-3-2-4-9)20-15-11-6-10(16)7-17-14(11)21-22-15;;;;/h2-4,8,13-15H,5-7,9-11H2,1H3,(H2,24,25,26,27,28);8-10,12H,2-7H2,1H3,(H2,20,21,22,23,24,25);7-9,11H,2-6H2,1H3,(H2,19,20,21,22,23,24);6-8,10H,2-5H2,1H3,(H2,18,19,20,21,22,23);5-7,9H,2-4H2,1H3,(H2,17,18,19,20,21,22);4*1H. The summed E-state index contributed by atoms with van der Waals surface area (Å²) in [5.74, 6) is 13.5. The number of H-pyrrole nitrogens is 5. The molecule has 0 radical (unpaired) electrons. The second-order valence-corrected chi connectivity index (χ2v) is 33.9. The minimum absolute atomic E-state index is 0. The molecule has 14 aromatic heterocycles. The van der Waals surface area contributed by atoms with Crippen LogP contribution in [0.3, 0.4) is 0 Å². The van der Waals surface area contributed by atoms with Crippen LogP contribution in [-0.2, 0) is 5.41 Å². The number of halogens is 5. The van der Waals surface area contributed by atoms with Crippen LogP contribution in [0, 0.1) is 81.5 Å². The van der Waals surface area contributed by atoms with Crippen molar-refractivity contribution >= 4 is 113 Å². The maximum Gasteiger partial charge on any atom is 0.183 e. The monoisotopic (exact) mass is 1660 g/mol. The predicted molar refractivity (Wildman–Crippen MR) is 464 cm³/mol. The van der Waals surface area contributed by atoms with Crippen LogP contribution in [0.4, 0.5) is 80.1 Å². The summed E-state index contributed by atoms with van der Waals surface area (Å²) in [7, 11) is 0. The van der Waals surface area contributed by atoms with Crippen LogP contribution in [0.1, 0.15) is 241 Å². The molecular formula is C88H104F5N29. The Morgan fingerprint density at radius 1 is 0.311 bits per heavy atom. The van der Waals surface area contributed by atoms with Gasteiger partial charge in [0.1, 0.15) is 111 Å². The average Bonchev–Trinajstić information content (AvgIpc) is 0.749. The van der Waals surface area contributed by atoms with Crippen LogP contribution >= 0.6 is 0 Å². The molecule has 0 saturated heterocycles. The number of hydrogen-bond donors (Lipinski definition) is 10. The minimum atomic E-state index is -0.397. The molecule has 14 heterocycles. The van der Waals surface area contributed by atoms with Gasteiger partial charge < -0.3 is 26.6 Å². The molecule has 8 aliphatic carbocycles. The van der Waals surface area contributed by atoms with Gasteiger partial charge in [0.05, 0.1) is 51.8 Å². The van der Waals surface area contributed by atoms with Gasteiger partial charge in [-0.1, -0.05) is 64.2 Å². The second kappa shape index (κ2) is 35.1. The van der Waals surface area contributed by atoms with Gasteiger partial charge >= 0.3 is 0 Å². The second-order valence-electron chi connectivity index (χ2n) is 33.9. The van der Waals surface area contributed by atoms with E-state index in [0.29, 0.717) is 120 Å². The molecule has 0 aliphatic heterocycles. The smallest absolute Gasteiger partial charge is 0.183 e. The van der Waals surface area contributed by atoms with Gasteiger partial charge in [-0.15, -0.1) is 0 Å². The van der Waals surface area contributed by atoms with Crippen molar-refractivity contribution in [2.24, 2.45) is 17.8 Å². The molecule has 34 heteroatoms. The number of nitrogens with one attached hydrogen (secondary N) is 10. The Labute approximate surface area is 704 Å². The third-order valence-electron chi connectivity index (χ3n) is 24.5. The lowest BCUT2D eigenvalue weighted by atomic mass is 9.49. The number of aromatic amines is 5. The van der Waals surface area contributed by atoms with E-state index in [1.807, 2.05) is 65.0 Å². The first-order valence-corrected chi connectivity index (χ1v) is 42.6. The lowest BCUT2D eigenvalue weighted by Crippen LogP contribution is -2.49. The van der Waals surface area contributed by atoms with Gasteiger partial charge in [-0.2, -0.15) is 25.5 Å². The summed E-state index contributed by atoms with van der Waals surface area (Å²) in [6, 6.07) is 19.7. The first-order chi connectivity index (χ1) is 59.3. The summed E-state index contributed by atoms with van der Waals surface area (Å²) in [6.45, 7) is 9.86. The summed E-state index contributed by atoms with van der Waals surface area (Å²) < 4.78 is 67.4. The molecule has 8 fully saturated rings. The normalized spacial score (nSPS) is 19.1. The summed E-state index contributed by atoms with van der Waals surface area (Å²) in [4.78, 5) is 62.6. The highest BCUT2D eigenvalue weighted by Gasteiger charge is 2.53. The molecule has 15 aromatic rings. The summed E-state index contributed by atoms with van der Waals surface area (Å²) >= 11 is 0. The van der Waals surface area contributed by atoms with Crippen LogP contribution in [0.5, 0.6) is 0 Å². The fraction of sp³-hybridized carbons (Fsp3) is 0.420. The number of rotatable bonds is 15. The van der Waals surface area contributed by atoms with Crippen LogP contribution in [0.2, 0.25) is 0 Å². The first-order valence-electron chi connectivity index (χ1n) is 42.6. The van der Waals surface area contributed by atoms with Crippen LogP contribution in [0.25, 0.3) is 55.0 Å². The molecule has 8 saturated carbocycles. The topological polar surface area (TPSA) is 384 Å². The van der Waals surface area contributed by atoms with E-state index in [4.69, 9.17) is 15.0 Å². The van der Waals surface area contributed by atoms with E-state index < -0.39 is 23.3 Å². The lowest BCUT2D eigenvalue weighted by Gasteiger charge is -2.56. The maximum atomic E-state index is 13.7. The predicted octanol–water partition coefficient (Wildman–Crippen LogP) is 21.2. The zero-order valence-corrected chi connectivity index (χ0v) is 68.6. The zero-order chi connectivity index (χ0) is 83.5. The summed E-state index contributed by atoms with van der Waals surface area (Å²) in [5, 5.41) is 54.2. The van der Waals surface area contributed by atoms with Crippen LogP contribution in [-0.4, -0.2) is 121 Å². The fourth-order valence-corrected chi connectivity index (χ4v) is 18.9. The molecule has 29 nitrogen and oxygen atoms in total. The molecule has 0 unspecified atom stereocenters. The number of benzene rings is 1. The van der Waals surface area contributed by atoms with Crippen molar-refractivity contribution in [1.82, 2.24) is 121 Å². The first kappa shape index (κ1) is 80.3. The molecule has 122 heavy (non-hydrogen) atoms. The highest BCUT2D eigenvalue weighted by atomic mass is 19.1. The van der Waals surface area contributed by atoms with Gasteiger partial charge in [0.25, 0.3) is 0 Å². The molecule has 636 valence electrons. The Bertz CT molecular complexity index is 6240. The van der Waals surface area contributed by atoms with E-state index in [9.17, 15) is 22.0 Å². The molecule has 23 rings (SSSR count). The third kappa shape index (κ3) is 18.4. The van der Waals surface area contributed by atoms with Crippen molar-refractivity contribution in [3.8, 4) is 0 Å². The van der Waals surface area contributed by atoms with Gasteiger partial charge in [-0.3, -0.25) is 25.5 Å². The fourth-order valence-electron chi connectivity index (χ4n) is 18.9. The van der Waals surface area contributed by atoms with Gasteiger partial charge in [0.15, 0.2) is 28.4 Å². The van der Waals surface area contributed by atoms with Crippen molar-refractivity contribution in [2.75, 3.05) is 26.6 Å². The molecular weight excluding hydrogens is 1560 g/mol. The molecule has 0 atom stereocenters. The number of aryl methyl sites for hydroxylation is 5. The summed E-state index contributed by atoms with van der Waals surface area (Å²) in [6.07, 6.45) is 34.2. The molecule has 8 aliphatic rings. The van der Waals surface area contributed by atoms with E-state index in [1.54, 1.807) is 6.07 Å². The average molecular weight is 1660 g/mol. The SMILES string of the molecule is Cc1cc(Nc2[nH]nc3ncc(F)cc23)nc(C2CCC2)n1.Cc1cc(Nc2[nH]nc3ncc(F)cc23)nc(C2CCCC2)n1.Cc1cc(Nc2[nH]nc3ncc(F)cc23)nc(C2CCCCC2)n1.Cc1cc(Nc2[nH]nc3ncc(F)cc23)nc(C2CCCCCC2)n1.Cc1cc(Nc2n[nH]c3ccc(F)cc23)nc(C23CC4CC(CC(C4)C2)C3)n1.[HH].[HH].[HH].[HH]. The van der Waals surface area contributed by atoms with E-state index in [-0.39, 0.29) is 16.9 Å². The Hall–Kier alpha value is -12.8. The number of hydrogen-bond acceptors (Lipinski definition) is 24. The van der Waals surface area contributed by atoms with Gasteiger partial charge in [-0.25, -0.2) is 91.7 Å². The van der Waals surface area contributed by atoms with Gasteiger partial charge in [0.2, 0.25) is 0 Å². The summed E-state index contributed by atoms with van der Waals surface area (Å²) in [5.41, 5.74) is 7.46. The quantitative estimate of drug-likeness (QED) is 0.0337. The molecule has 1 aromatic carbocycles. The molecule has 0 spiro atoms. The number of anilines is 10. The Kier molecular flexibility index (Phi) is 23.1. The van der Waals surface area contributed by atoms with Crippen molar-refractivity contribution in [1.29, 1.82) is 0 Å². The van der Waals surface area contributed by atoms with Gasteiger partial charge in [-0.05, 0) is 185 Å². The number of fused-ring (bicyclic) bond motifs is 5. The van der Waals surface area contributed by atoms with E-state index in [2.05, 4.69) is 132 Å². The Balaban J connectivity index is 0.000000127. The molecule has 4 bridgehead atoms. The maximum absolute atomic E-state index is 13.7. The largest absolute Gasteiger partial charge is 0.325 e.